The molecule has 5 heteroatoms. The van der Waals surface area contributed by atoms with Crippen molar-refractivity contribution < 1.29 is 22.7 Å². The third-order valence-corrected chi connectivity index (χ3v) is 3.19. The first-order valence-electron chi connectivity index (χ1n) is 5.93. The van der Waals surface area contributed by atoms with Gasteiger partial charge in [-0.2, -0.15) is 13.2 Å². The lowest BCUT2D eigenvalue weighted by atomic mass is 9.97. The number of para-hydroxylation sites is 1. The summed E-state index contributed by atoms with van der Waals surface area (Å²) in [6, 6.07) is 9.74. The zero-order chi connectivity index (χ0) is 14.3. The second-order valence-electron chi connectivity index (χ2n) is 4.48. The first-order chi connectivity index (χ1) is 9.47. The Morgan fingerprint density at radius 3 is 2.50 bits per heavy atom. The van der Waals surface area contributed by atoms with Gasteiger partial charge in [-0.05, 0) is 24.3 Å². The van der Waals surface area contributed by atoms with Crippen LogP contribution in [0.25, 0.3) is 0 Å². The minimum atomic E-state index is -4.43. The highest BCUT2D eigenvalue weighted by Crippen LogP contribution is 2.33. The number of benzene rings is 2. The van der Waals surface area contributed by atoms with Crippen molar-refractivity contribution in [1.29, 1.82) is 0 Å². The average Bonchev–Trinajstić information content (AvgIpc) is 2.56. The molecule has 1 aliphatic rings. The van der Waals surface area contributed by atoms with Crippen molar-refractivity contribution in [2.24, 2.45) is 0 Å². The number of ether oxygens (including phenoxy) is 1. The predicted octanol–water partition coefficient (Wildman–Crippen LogP) is 3.83. The lowest BCUT2D eigenvalue weighted by Gasteiger charge is -2.10. The van der Waals surface area contributed by atoms with E-state index < -0.39 is 11.7 Å². The molecular formula is C15H9F3O2. The molecule has 0 saturated carbocycles. The summed E-state index contributed by atoms with van der Waals surface area (Å²) in [4.78, 5) is 12.3. The molecule has 2 aromatic rings. The first kappa shape index (κ1) is 12.7. The summed E-state index contributed by atoms with van der Waals surface area (Å²) in [5, 5.41) is 0. The number of carbonyl (C=O) groups excluding carboxylic acids is 1. The van der Waals surface area contributed by atoms with Crippen molar-refractivity contribution in [3.8, 4) is 5.75 Å². The van der Waals surface area contributed by atoms with E-state index in [-0.39, 0.29) is 23.5 Å². The Bertz CT molecular complexity index is 690. The van der Waals surface area contributed by atoms with Gasteiger partial charge in [0.15, 0.2) is 5.78 Å². The van der Waals surface area contributed by atoms with E-state index in [9.17, 15) is 18.0 Å². The molecule has 0 fully saturated rings. The van der Waals surface area contributed by atoms with Crippen molar-refractivity contribution >= 4 is 5.78 Å². The van der Waals surface area contributed by atoms with E-state index in [1.165, 1.54) is 6.07 Å². The lowest BCUT2D eigenvalue weighted by Crippen LogP contribution is -2.09. The van der Waals surface area contributed by atoms with Crippen molar-refractivity contribution in [2.75, 3.05) is 0 Å². The molecule has 0 saturated heterocycles. The van der Waals surface area contributed by atoms with Crippen LogP contribution in [-0.4, -0.2) is 5.78 Å². The zero-order valence-electron chi connectivity index (χ0n) is 10.2. The van der Waals surface area contributed by atoms with Crippen LogP contribution >= 0.6 is 0 Å². The molecule has 1 heterocycles. The Hall–Kier alpha value is -2.30. The molecule has 0 N–H and O–H groups in total. The maximum absolute atomic E-state index is 12.7. The van der Waals surface area contributed by atoms with Gasteiger partial charge in [-0.1, -0.05) is 18.2 Å². The Kier molecular flexibility index (Phi) is 2.78. The van der Waals surface area contributed by atoms with Gasteiger partial charge in [0.1, 0.15) is 12.4 Å². The van der Waals surface area contributed by atoms with Gasteiger partial charge in [0.25, 0.3) is 0 Å². The maximum atomic E-state index is 12.7. The average molecular weight is 278 g/mol. The number of alkyl halides is 3. The number of fused-ring (bicyclic) bond motifs is 2. The summed E-state index contributed by atoms with van der Waals surface area (Å²) >= 11 is 0. The minimum Gasteiger partial charge on any atom is -0.488 e. The molecule has 1 aliphatic heterocycles. The molecule has 0 aliphatic carbocycles. The molecule has 102 valence electrons. The number of halogens is 3. The van der Waals surface area contributed by atoms with Crippen LogP contribution in [0.5, 0.6) is 5.75 Å². The van der Waals surface area contributed by atoms with E-state index in [1.54, 1.807) is 24.3 Å². The van der Waals surface area contributed by atoms with E-state index in [0.29, 0.717) is 11.3 Å². The number of hydrogen-bond donors (Lipinski definition) is 0. The van der Waals surface area contributed by atoms with Crippen LogP contribution in [0, 0.1) is 0 Å². The molecule has 2 nitrogen and oxygen atoms in total. The second kappa shape index (κ2) is 4.37. The number of rotatable bonds is 0. The van der Waals surface area contributed by atoms with Crippen LogP contribution < -0.4 is 4.74 Å². The van der Waals surface area contributed by atoms with Crippen LogP contribution in [0.4, 0.5) is 13.2 Å². The number of carbonyl (C=O) groups is 1. The molecule has 0 aromatic heterocycles. The number of ketones is 1. The topological polar surface area (TPSA) is 26.3 Å². The van der Waals surface area contributed by atoms with Gasteiger partial charge < -0.3 is 4.74 Å². The predicted molar refractivity (Wildman–Crippen MR) is 65.7 cm³/mol. The minimum absolute atomic E-state index is 0.0536. The maximum Gasteiger partial charge on any atom is 0.416 e. The van der Waals surface area contributed by atoms with Crippen molar-refractivity contribution in [2.45, 2.75) is 12.8 Å². The number of hydrogen-bond acceptors (Lipinski definition) is 2. The van der Waals surface area contributed by atoms with Gasteiger partial charge in [-0.25, -0.2) is 0 Å². The summed E-state index contributed by atoms with van der Waals surface area (Å²) in [5.74, 6) is 0.0732. The van der Waals surface area contributed by atoms with Gasteiger partial charge in [-0.15, -0.1) is 0 Å². The van der Waals surface area contributed by atoms with Crippen LogP contribution in [0.15, 0.2) is 42.5 Å². The Labute approximate surface area is 112 Å². The van der Waals surface area contributed by atoms with Gasteiger partial charge in [0, 0.05) is 11.1 Å². The van der Waals surface area contributed by atoms with E-state index in [1.807, 2.05) is 0 Å². The van der Waals surface area contributed by atoms with E-state index >= 15 is 0 Å². The summed E-state index contributed by atoms with van der Waals surface area (Å²) < 4.78 is 43.5. The third kappa shape index (κ3) is 2.05. The van der Waals surface area contributed by atoms with E-state index in [4.69, 9.17) is 4.74 Å². The van der Waals surface area contributed by atoms with Gasteiger partial charge in [0.05, 0.1) is 11.1 Å². The summed E-state index contributed by atoms with van der Waals surface area (Å²) in [6.45, 7) is -0.0536. The van der Waals surface area contributed by atoms with Gasteiger partial charge >= 0.3 is 6.18 Å². The van der Waals surface area contributed by atoms with Crippen LogP contribution in [0.1, 0.15) is 27.0 Å². The molecule has 0 amide bonds. The molecule has 3 rings (SSSR count). The highest BCUT2D eigenvalue weighted by atomic mass is 19.4. The Morgan fingerprint density at radius 1 is 1.00 bits per heavy atom. The van der Waals surface area contributed by atoms with E-state index in [0.717, 1.165) is 12.1 Å². The smallest absolute Gasteiger partial charge is 0.416 e. The summed E-state index contributed by atoms with van der Waals surface area (Å²) in [6.07, 6.45) is -4.43. The molecule has 0 unspecified atom stereocenters. The molecule has 0 atom stereocenters. The SMILES string of the molecule is O=C1c2ccc(C(F)(F)F)cc2COc2ccccc21. The second-order valence-corrected chi connectivity index (χ2v) is 4.48. The van der Waals surface area contributed by atoms with Crippen LogP contribution in [-0.2, 0) is 12.8 Å². The van der Waals surface area contributed by atoms with Crippen LogP contribution in [0.3, 0.4) is 0 Å². The van der Waals surface area contributed by atoms with Gasteiger partial charge in [0.2, 0.25) is 0 Å². The highest BCUT2D eigenvalue weighted by molar-refractivity contribution is 6.12. The fraction of sp³-hybridized carbons (Fsp3) is 0.133. The normalized spacial score (nSPS) is 14.1. The lowest BCUT2D eigenvalue weighted by molar-refractivity contribution is -0.137. The molecule has 0 spiro atoms. The highest BCUT2D eigenvalue weighted by Gasteiger charge is 2.32. The largest absolute Gasteiger partial charge is 0.488 e. The molecule has 2 aromatic carbocycles. The van der Waals surface area contributed by atoms with E-state index in [2.05, 4.69) is 0 Å². The Balaban J connectivity index is 2.12. The van der Waals surface area contributed by atoms with Crippen molar-refractivity contribution in [1.82, 2.24) is 0 Å². The third-order valence-electron chi connectivity index (χ3n) is 3.19. The first-order valence-corrected chi connectivity index (χ1v) is 5.93. The quantitative estimate of drug-likeness (QED) is 0.732. The molecule has 0 radical (unpaired) electrons. The van der Waals surface area contributed by atoms with Crippen molar-refractivity contribution in [3.63, 3.8) is 0 Å². The monoisotopic (exact) mass is 278 g/mol. The fourth-order valence-corrected chi connectivity index (χ4v) is 2.19. The zero-order valence-corrected chi connectivity index (χ0v) is 10.2. The molecule has 20 heavy (non-hydrogen) atoms. The molecule has 0 bridgehead atoms. The molecular weight excluding hydrogens is 269 g/mol. The fourth-order valence-electron chi connectivity index (χ4n) is 2.19. The Morgan fingerprint density at radius 2 is 1.75 bits per heavy atom. The summed E-state index contributed by atoms with van der Waals surface area (Å²) in [5.41, 5.74) is 0.0913. The summed E-state index contributed by atoms with van der Waals surface area (Å²) in [7, 11) is 0. The van der Waals surface area contributed by atoms with Crippen molar-refractivity contribution in [3.05, 3.63) is 64.7 Å². The van der Waals surface area contributed by atoms with Gasteiger partial charge in [-0.3, -0.25) is 4.79 Å². The van der Waals surface area contributed by atoms with Crippen LogP contribution in [0.2, 0.25) is 0 Å². The standard InChI is InChI=1S/C15H9F3O2/c16-15(17,18)10-5-6-11-9(7-10)8-20-13-4-2-1-3-12(13)14(11)19/h1-7H,8H2.